The quantitative estimate of drug-likeness (QED) is 0.830. The van der Waals surface area contributed by atoms with Crippen molar-refractivity contribution in [3.05, 3.63) is 34.4 Å². The fourth-order valence-corrected chi connectivity index (χ4v) is 1.77. The van der Waals surface area contributed by atoms with Crippen LogP contribution in [0.3, 0.4) is 0 Å². The summed E-state index contributed by atoms with van der Waals surface area (Å²) >= 11 is 1.58. The zero-order valence-electron chi connectivity index (χ0n) is 8.40. The lowest BCUT2D eigenvalue weighted by Crippen LogP contribution is -2.05. The second kappa shape index (κ2) is 4.27. The fraction of sp³-hybridized carbons (Fsp3) is 0.200. The van der Waals surface area contributed by atoms with Gasteiger partial charge in [0.2, 0.25) is 0 Å². The molecule has 4 nitrogen and oxygen atoms in total. The van der Waals surface area contributed by atoms with Gasteiger partial charge in [-0.2, -0.15) is 0 Å². The molecular weight excluding hydrogens is 208 g/mol. The fourth-order valence-electron chi connectivity index (χ4n) is 1.21. The molecule has 2 heterocycles. The Hall–Kier alpha value is -1.62. The highest BCUT2D eigenvalue weighted by Gasteiger charge is 2.02. The lowest BCUT2D eigenvalue weighted by atomic mass is 10.2. The molecule has 2 aromatic heterocycles. The van der Waals surface area contributed by atoms with Crippen LogP contribution in [0.5, 0.6) is 0 Å². The van der Waals surface area contributed by atoms with Gasteiger partial charge < -0.3 is 11.1 Å². The van der Waals surface area contributed by atoms with Gasteiger partial charge in [-0.25, -0.2) is 9.97 Å². The van der Waals surface area contributed by atoms with Crippen molar-refractivity contribution in [2.24, 2.45) is 0 Å². The van der Waals surface area contributed by atoms with Crippen molar-refractivity contribution in [1.29, 1.82) is 0 Å². The van der Waals surface area contributed by atoms with Gasteiger partial charge in [-0.3, -0.25) is 0 Å². The molecule has 0 saturated heterocycles. The van der Waals surface area contributed by atoms with Crippen molar-refractivity contribution in [2.45, 2.75) is 13.5 Å². The average molecular weight is 220 g/mol. The number of pyridine rings is 1. The molecule has 2 rings (SSSR count). The van der Waals surface area contributed by atoms with Crippen molar-refractivity contribution >= 4 is 22.8 Å². The Bertz CT molecular complexity index is 439. The molecule has 15 heavy (non-hydrogen) atoms. The van der Waals surface area contributed by atoms with Crippen LogP contribution in [0.15, 0.2) is 23.2 Å². The number of anilines is 2. The van der Waals surface area contributed by atoms with Crippen molar-refractivity contribution < 1.29 is 0 Å². The molecule has 2 aromatic rings. The van der Waals surface area contributed by atoms with Crippen LogP contribution in [0.2, 0.25) is 0 Å². The van der Waals surface area contributed by atoms with Crippen molar-refractivity contribution in [3.8, 4) is 0 Å². The third kappa shape index (κ3) is 2.24. The number of hydrogen-bond acceptors (Lipinski definition) is 5. The van der Waals surface area contributed by atoms with E-state index in [4.69, 9.17) is 5.73 Å². The third-order valence-corrected chi connectivity index (χ3v) is 2.76. The van der Waals surface area contributed by atoms with Gasteiger partial charge in [-0.05, 0) is 18.6 Å². The van der Waals surface area contributed by atoms with Gasteiger partial charge in [-0.15, -0.1) is 11.3 Å². The molecule has 0 radical (unpaired) electrons. The average Bonchev–Trinajstić information content (AvgIpc) is 2.73. The number of nitrogens with zero attached hydrogens (tertiary/aromatic N) is 2. The van der Waals surface area contributed by atoms with E-state index in [1.165, 1.54) is 0 Å². The lowest BCUT2D eigenvalue weighted by Gasteiger charge is -2.08. The van der Waals surface area contributed by atoms with Gasteiger partial charge in [0.1, 0.15) is 5.82 Å². The number of nitrogens with one attached hydrogen (secondary N) is 1. The summed E-state index contributed by atoms with van der Waals surface area (Å²) in [5, 5.41) is 5.16. The van der Waals surface area contributed by atoms with Crippen LogP contribution in [0.25, 0.3) is 0 Å². The second-order valence-corrected chi connectivity index (χ2v) is 3.94. The zero-order chi connectivity index (χ0) is 10.7. The van der Waals surface area contributed by atoms with Crippen LogP contribution < -0.4 is 11.1 Å². The predicted octanol–water partition coefficient (Wildman–Crippen LogP) is 2.04. The van der Waals surface area contributed by atoms with Crippen LogP contribution in [-0.4, -0.2) is 9.97 Å². The first-order valence-corrected chi connectivity index (χ1v) is 5.53. The van der Waals surface area contributed by atoms with E-state index in [0.29, 0.717) is 12.2 Å². The summed E-state index contributed by atoms with van der Waals surface area (Å²) in [6.07, 6.45) is 1.75. The number of nitrogen functional groups attached to an aromatic ring is 1. The Morgan fingerprint density at radius 3 is 3.07 bits per heavy atom. The van der Waals surface area contributed by atoms with E-state index in [9.17, 15) is 0 Å². The van der Waals surface area contributed by atoms with E-state index in [1.54, 1.807) is 17.5 Å². The molecule has 5 heteroatoms. The predicted molar refractivity (Wildman–Crippen MR) is 62.8 cm³/mol. The SMILES string of the molecule is Cc1ccnc(NCc2cscn2)c1N. The Morgan fingerprint density at radius 2 is 2.33 bits per heavy atom. The maximum absolute atomic E-state index is 5.88. The maximum Gasteiger partial charge on any atom is 0.149 e. The van der Waals surface area contributed by atoms with Crippen LogP contribution in [-0.2, 0) is 6.54 Å². The summed E-state index contributed by atoms with van der Waals surface area (Å²) in [7, 11) is 0. The van der Waals surface area contributed by atoms with Gasteiger partial charge in [0.15, 0.2) is 0 Å². The van der Waals surface area contributed by atoms with Crippen molar-refractivity contribution in [1.82, 2.24) is 9.97 Å². The van der Waals surface area contributed by atoms with Crippen LogP contribution in [0.4, 0.5) is 11.5 Å². The minimum Gasteiger partial charge on any atom is -0.396 e. The summed E-state index contributed by atoms with van der Waals surface area (Å²) in [6, 6.07) is 1.89. The first-order valence-electron chi connectivity index (χ1n) is 4.59. The monoisotopic (exact) mass is 220 g/mol. The van der Waals surface area contributed by atoms with Gasteiger partial charge >= 0.3 is 0 Å². The maximum atomic E-state index is 5.88. The topological polar surface area (TPSA) is 63.8 Å². The van der Waals surface area contributed by atoms with E-state index in [1.807, 2.05) is 23.9 Å². The van der Waals surface area contributed by atoms with Crippen LogP contribution in [0.1, 0.15) is 11.3 Å². The molecule has 78 valence electrons. The first kappa shape index (κ1) is 9.92. The van der Waals surface area contributed by atoms with Crippen molar-refractivity contribution in [2.75, 3.05) is 11.1 Å². The first-order chi connectivity index (χ1) is 7.27. The highest BCUT2D eigenvalue weighted by atomic mass is 32.1. The molecule has 0 spiro atoms. The molecule has 0 amide bonds. The molecular formula is C10H12N4S. The lowest BCUT2D eigenvalue weighted by molar-refractivity contribution is 1.05. The molecule has 0 aromatic carbocycles. The molecule has 0 aliphatic rings. The molecule has 0 saturated carbocycles. The number of thiazole rings is 1. The molecule has 0 bridgehead atoms. The molecule has 3 N–H and O–H groups in total. The van der Waals surface area contributed by atoms with Crippen LogP contribution >= 0.6 is 11.3 Å². The molecule has 0 atom stereocenters. The highest BCUT2D eigenvalue weighted by molar-refractivity contribution is 7.07. The van der Waals surface area contributed by atoms with Gasteiger partial charge in [0.25, 0.3) is 0 Å². The summed E-state index contributed by atoms with van der Waals surface area (Å²) < 4.78 is 0. The third-order valence-electron chi connectivity index (χ3n) is 2.13. The molecule has 0 unspecified atom stereocenters. The van der Waals surface area contributed by atoms with Crippen LogP contribution in [0, 0.1) is 6.92 Å². The number of aryl methyl sites for hydroxylation is 1. The Labute approximate surface area is 92.2 Å². The Morgan fingerprint density at radius 1 is 1.47 bits per heavy atom. The minimum atomic E-state index is 0.657. The standard InChI is InChI=1S/C10H12N4S/c1-7-2-3-12-10(9(7)11)13-4-8-5-15-6-14-8/h2-3,5-6H,4,11H2,1H3,(H,12,13). The van der Waals surface area contributed by atoms with E-state index < -0.39 is 0 Å². The van der Waals surface area contributed by atoms with Gasteiger partial charge in [0, 0.05) is 11.6 Å². The second-order valence-electron chi connectivity index (χ2n) is 3.22. The largest absolute Gasteiger partial charge is 0.396 e. The van der Waals surface area contributed by atoms with Gasteiger partial charge in [-0.1, -0.05) is 0 Å². The van der Waals surface area contributed by atoms with E-state index in [-0.39, 0.29) is 0 Å². The number of aromatic nitrogens is 2. The summed E-state index contributed by atoms with van der Waals surface area (Å²) in [6.45, 7) is 2.62. The highest BCUT2D eigenvalue weighted by Crippen LogP contribution is 2.19. The number of hydrogen-bond donors (Lipinski definition) is 2. The summed E-state index contributed by atoms with van der Waals surface area (Å²) in [4.78, 5) is 8.35. The van der Waals surface area contributed by atoms with Gasteiger partial charge in [0.05, 0.1) is 23.4 Å². The van der Waals surface area contributed by atoms with E-state index in [2.05, 4.69) is 15.3 Å². The molecule has 0 fully saturated rings. The zero-order valence-corrected chi connectivity index (χ0v) is 9.21. The van der Waals surface area contributed by atoms with Crippen molar-refractivity contribution in [3.63, 3.8) is 0 Å². The number of nitrogens with two attached hydrogens (primary N) is 1. The van der Waals surface area contributed by atoms with E-state index >= 15 is 0 Å². The summed E-state index contributed by atoms with van der Waals surface area (Å²) in [5.74, 6) is 0.725. The minimum absolute atomic E-state index is 0.657. The normalized spacial score (nSPS) is 10.2. The molecule has 0 aliphatic carbocycles. The Kier molecular flexibility index (Phi) is 2.82. The Balaban J connectivity index is 2.08. The summed E-state index contributed by atoms with van der Waals surface area (Å²) in [5.41, 5.74) is 10.4. The molecule has 0 aliphatic heterocycles. The number of rotatable bonds is 3. The smallest absolute Gasteiger partial charge is 0.149 e. The van der Waals surface area contributed by atoms with E-state index in [0.717, 1.165) is 17.1 Å².